The number of aryl methyl sites for hydroxylation is 1. The van der Waals surface area contributed by atoms with E-state index < -0.39 is 0 Å². The van der Waals surface area contributed by atoms with Crippen molar-refractivity contribution in [1.29, 1.82) is 0 Å². The third-order valence-corrected chi connectivity index (χ3v) is 4.03. The fourth-order valence-corrected chi connectivity index (χ4v) is 2.66. The van der Waals surface area contributed by atoms with Crippen LogP contribution in [0.5, 0.6) is 5.88 Å². The lowest BCUT2D eigenvalue weighted by Crippen LogP contribution is -2.34. The maximum atomic E-state index is 5.61. The maximum absolute atomic E-state index is 5.61. The predicted octanol–water partition coefficient (Wildman–Crippen LogP) is 2.95. The Balaban J connectivity index is 1.57. The summed E-state index contributed by atoms with van der Waals surface area (Å²) in [7, 11) is 0. The van der Waals surface area contributed by atoms with Gasteiger partial charge in [0.05, 0.1) is 6.61 Å². The minimum atomic E-state index is 0.787. The van der Waals surface area contributed by atoms with Gasteiger partial charge in [-0.2, -0.15) is 4.37 Å². The second-order valence-corrected chi connectivity index (χ2v) is 6.01. The van der Waals surface area contributed by atoms with E-state index >= 15 is 0 Å². The highest BCUT2D eigenvalue weighted by Gasteiger charge is 2.14. The van der Waals surface area contributed by atoms with E-state index in [2.05, 4.69) is 23.1 Å². The lowest BCUT2D eigenvalue weighted by molar-refractivity contribution is 0.176. The number of piperidine rings is 1. The molecule has 1 fully saturated rings. The molecule has 4 heteroatoms. The number of ether oxygens (including phenoxy) is 1. The van der Waals surface area contributed by atoms with Gasteiger partial charge in [0, 0.05) is 17.5 Å². The van der Waals surface area contributed by atoms with E-state index in [1.807, 2.05) is 6.07 Å². The zero-order valence-corrected chi connectivity index (χ0v) is 11.6. The van der Waals surface area contributed by atoms with Crippen LogP contribution < -0.4 is 4.74 Å². The van der Waals surface area contributed by atoms with E-state index in [9.17, 15) is 0 Å². The lowest BCUT2D eigenvalue weighted by atomic mass is 9.99. The van der Waals surface area contributed by atoms with Crippen molar-refractivity contribution in [3.05, 3.63) is 10.9 Å². The molecule has 96 valence electrons. The predicted molar refractivity (Wildman–Crippen MR) is 71.8 cm³/mol. The summed E-state index contributed by atoms with van der Waals surface area (Å²) in [6.07, 6.45) is 3.81. The molecular formula is C13H22N2OS. The highest BCUT2D eigenvalue weighted by Crippen LogP contribution is 2.17. The first kappa shape index (κ1) is 12.8. The van der Waals surface area contributed by atoms with Crippen molar-refractivity contribution in [2.45, 2.75) is 33.1 Å². The molecule has 0 aliphatic carbocycles. The molecule has 0 saturated carbocycles. The largest absolute Gasteiger partial charge is 0.477 e. The Hall–Kier alpha value is -0.610. The van der Waals surface area contributed by atoms with Gasteiger partial charge in [0.1, 0.15) is 0 Å². The minimum Gasteiger partial charge on any atom is -0.477 e. The molecule has 0 aromatic carbocycles. The molecule has 0 atom stereocenters. The van der Waals surface area contributed by atoms with Gasteiger partial charge in [-0.05, 0) is 56.7 Å². The van der Waals surface area contributed by atoms with Crippen molar-refractivity contribution in [2.75, 3.05) is 26.2 Å². The summed E-state index contributed by atoms with van der Waals surface area (Å²) in [5.74, 6) is 1.71. The summed E-state index contributed by atoms with van der Waals surface area (Å²) in [5, 5.41) is 0. The Morgan fingerprint density at radius 1 is 1.47 bits per heavy atom. The third-order valence-electron chi connectivity index (χ3n) is 3.35. The molecule has 0 unspecified atom stereocenters. The Morgan fingerprint density at radius 3 is 2.88 bits per heavy atom. The normalized spacial score (nSPS) is 18.5. The number of hydrogen-bond acceptors (Lipinski definition) is 4. The Bertz CT molecular complexity index is 332. The second kappa shape index (κ2) is 6.36. The van der Waals surface area contributed by atoms with E-state index in [1.165, 1.54) is 42.3 Å². The van der Waals surface area contributed by atoms with Crippen molar-refractivity contribution in [1.82, 2.24) is 9.27 Å². The summed E-state index contributed by atoms with van der Waals surface area (Å²) in [6.45, 7) is 8.88. The fraction of sp³-hybridized carbons (Fsp3) is 0.769. The van der Waals surface area contributed by atoms with Crippen LogP contribution in [0.3, 0.4) is 0 Å². The molecule has 17 heavy (non-hydrogen) atoms. The Kier molecular flexibility index (Phi) is 4.80. The average molecular weight is 254 g/mol. The van der Waals surface area contributed by atoms with Gasteiger partial charge < -0.3 is 9.64 Å². The third kappa shape index (κ3) is 4.28. The fourth-order valence-electron chi connectivity index (χ4n) is 2.16. The molecule has 1 aromatic heterocycles. The van der Waals surface area contributed by atoms with E-state index in [-0.39, 0.29) is 0 Å². The molecule has 0 radical (unpaired) electrons. The highest BCUT2D eigenvalue weighted by molar-refractivity contribution is 7.05. The monoisotopic (exact) mass is 254 g/mol. The van der Waals surface area contributed by atoms with Crippen molar-refractivity contribution in [2.24, 2.45) is 5.92 Å². The molecule has 1 aromatic rings. The van der Waals surface area contributed by atoms with Crippen molar-refractivity contribution in [3.63, 3.8) is 0 Å². The molecule has 0 bridgehead atoms. The molecule has 1 aliphatic rings. The van der Waals surface area contributed by atoms with Gasteiger partial charge in [-0.1, -0.05) is 6.92 Å². The SMILES string of the molecule is Cc1cc(OCCCN2CCC(C)CC2)ns1. The molecule has 2 rings (SSSR count). The molecule has 1 aliphatic heterocycles. The average Bonchev–Trinajstić information content (AvgIpc) is 2.73. The summed E-state index contributed by atoms with van der Waals surface area (Å²) >= 11 is 1.51. The first-order valence-electron chi connectivity index (χ1n) is 6.52. The van der Waals surface area contributed by atoms with Gasteiger partial charge in [-0.15, -0.1) is 0 Å². The van der Waals surface area contributed by atoms with Crippen molar-refractivity contribution < 1.29 is 4.74 Å². The van der Waals surface area contributed by atoms with Gasteiger partial charge in [0.25, 0.3) is 0 Å². The van der Waals surface area contributed by atoms with E-state index in [0.717, 1.165) is 31.4 Å². The van der Waals surface area contributed by atoms with Crippen LogP contribution in [0.2, 0.25) is 0 Å². The topological polar surface area (TPSA) is 25.4 Å². The van der Waals surface area contributed by atoms with E-state index in [4.69, 9.17) is 4.74 Å². The van der Waals surface area contributed by atoms with Crippen LogP contribution in [-0.2, 0) is 0 Å². The van der Waals surface area contributed by atoms with Crippen LogP contribution in [0.4, 0.5) is 0 Å². The van der Waals surface area contributed by atoms with Crippen LogP contribution >= 0.6 is 11.5 Å². The molecular weight excluding hydrogens is 232 g/mol. The highest BCUT2D eigenvalue weighted by atomic mass is 32.1. The van der Waals surface area contributed by atoms with E-state index in [1.54, 1.807) is 0 Å². The van der Waals surface area contributed by atoms with Crippen LogP contribution in [-0.4, -0.2) is 35.5 Å². The summed E-state index contributed by atoms with van der Waals surface area (Å²) in [4.78, 5) is 3.76. The standard InChI is InChI=1S/C13H22N2OS/c1-11-4-7-15(8-5-11)6-3-9-16-13-10-12(2)17-14-13/h10-11H,3-9H2,1-2H3. The van der Waals surface area contributed by atoms with Gasteiger partial charge >= 0.3 is 0 Å². The Labute approximate surface area is 108 Å². The van der Waals surface area contributed by atoms with Crippen molar-refractivity contribution in [3.8, 4) is 5.88 Å². The Morgan fingerprint density at radius 2 is 2.24 bits per heavy atom. The van der Waals surface area contributed by atoms with Gasteiger partial charge in [-0.3, -0.25) is 0 Å². The van der Waals surface area contributed by atoms with Gasteiger partial charge in [-0.25, -0.2) is 0 Å². The van der Waals surface area contributed by atoms with Crippen molar-refractivity contribution >= 4 is 11.5 Å². The molecule has 1 saturated heterocycles. The molecule has 0 N–H and O–H groups in total. The van der Waals surface area contributed by atoms with Crippen LogP contribution in [0, 0.1) is 12.8 Å². The van der Waals surface area contributed by atoms with E-state index in [0.29, 0.717) is 0 Å². The smallest absolute Gasteiger partial charge is 0.225 e. The zero-order chi connectivity index (χ0) is 12.1. The quantitative estimate of drug-likeness (QED) is 0.755. The first-order chi connectivity index (χ1) is 8.24. The van der Waals surface area contributed by atoms with Crippen LogP contribution in [0.25, 0.3) is 0 Å². The molecule has 0 amide bonds. The number of likely N-dealkylation sites (tertiary alicyclic amines) is 1. The number of rotatable bonds is 5. The lowest BCUT2D eigenvalue weighted by Gasteiger charge is -2.29. The minimum absolute atomic E-state index is 0.787. The second-order valence-electron chi connectivity index (χ2n) is 5.00. The summed E-state index contributed by atoms with van der Waals surface area (Å²) < 4.78 is 9.83. The summed E-state index contributed by atoms with van der Waals surface area (Å²) in [6, 6.07) is 2.01. The summed E-state index contributed by atoms with van der Waals surface area (Å²) in [5.41, 5.74) is 0. The van der Waals surface area contributed by atoms with Crippen LogP contribution in [0.15, 0.2) is 6.07 Å². The molecule has 3 nitrogen and oxygen atoms in total. The van der Waals surface area contributed by atoms with Crippen LogP contribution in [0.1, 0.15) is 31.1 Å². The zero-order valence-electron chi connectivity index (χ0n) is 10.8. The molecule has 0 spiro atoms. The number of aromatic nitrogens is 1. The molecule has 2 heterocycles. The number of hydrogen-bond donors (Lipinski definition) is 0. The number of nitrogens with zero attached hydrogens (tertiary/aromatic N) is 2. The van der Waals surface area contributed by atoms with Gasteiger partial charge in [0.15, 0.2) is 0 Å². The first-order valence-corrected chi connectivity index (χ1v) is 7.30. The maximum Gasteiger partial charge on any atom is 0.225 e. The van der Waals surface area contributed by atoms with Gasteiger partial charge in [0.2, 0.25) is 5.88 Å².